The van der Waals surface area contributed by atoms with Crippen molar-refractivity contribution in [2.45, 2.75) is 353 Å². The molecule has 0 rings (SSSR count). The molecule has 8 nitrogen and oxygen atoms in total. The lowest BCUT2D eigenvalue weighted by Crippen LogP contribution is -2.45. The first-order valence-electron chi connectivity index (χ1n) is 35.2. The molecule has 9 heteroatoms. The molecule has 0 heterocycles. The number of carbonyl (C=O) groups excluding carboxylic acids is 1. The van der Waals surface area contributed by atoms with Gasteiger partial charge in [-0.2, -0.15) is 0 Å². The van der Waals surface area contributed by atoms with Crippen LogP contribution >= 0.6 is 7.82 Å². The van der Waals surface area contributed by atoms with E-state index in [0.29, 0.717) is 17.4 Å². The van der Waals surface area contributed by atoms with Gasteiger partial charge >= 0.3 is 0 Å². The number of phosphoric ester groups is 1. The van der Waals surface area contributed by atoms with Gasteiger partial charge in [0.1, 0.15) is 13.2 Å². The third-order valence-electron chi connectivity index (χ3n) is 15.9. The van der Waals surface area contributed by atoms with Crippen LogP contribution in [-0.4, -0.2) is 68.5 Å². The maximum absolute atomic E-state index is 13.0. The quantitative estimate of drug-likeness (QED) is 0.0272. The van der Waals surface area contributed by atoms with Gasteiger partial charge in [0.15, 0.2) is 0 Å². The molecule has 81 heavy (non-hydrogen) atoms. The van der Waals surface area contributed by atoms with Crippen LogP contribution in [0.15, 0.2) is 60.8 Å². The van der Waals surface area contributed by atoms with Crippen molar-refractivity contribution in [1.29, 1.82) is 0 Å². The molecule has 0 saturated carbocycles. The van der Waals surface area contributed by atoms with E-state index in [1.54, 1.807) is 6.08 Å². The molecular formula is C72H137N2O6P. The van der Waals surface area contributed by atoms with Crippen molar-refractivity contribution in [3.8, 4) is 0 Å². The van der Waals surface area contributed by atoms with E-state index in [2.05, 4.69) is 67.8 Å². The van der Waals surface area contributed by atoms with E-state index in [1.807, 2.05) is 27.2 Å². The van der Waals surface area contributed by atoms with E-state index in [9.17, 15) is 19.4 Å². The summed E-state index contributed by atoms with van der Waals surface area (Å²) in [4.78, 5) is 25.6. The van der Waals surface area contributed by atoms with Gasteiger partial charge in [-0.05, 0) is 70.6 Å². The highest BCUT2D eigenvalue weighted by Crippen LogP contribution is 2.38. The zero-order chi connectivity index (χ0) is 59.1. The fourth-order valence-corrected chi connectivity index (χ4v) is 11.2. The Morgan fingerprint density at radius 3 is 1.09 bits per heavy atom. The molecule has 0 aromatic heterocycles. The van der Waals surface area contributed by atoms with Gasteiger partial charge in [-0.25, -0.2) is 0 Å². The number of aliphatic hydroxyl groups excluding tert-OH is 1. The predicted octanol–water partition coefficient (Wildman–Crippen LogP) is 21.8. The average molecular weight is 1160 g/mol. The second kappa shape index (κ2) is 62.7. The summed E-state index contributed by atoms with van der Waals surface area (Å²) in [7, 11) is 1.26. The van der Waals surface area contributed by atoms with Crippen molar-refractivity contribution in [1.82, 2.24) is 5.32 Å². The number of likely N-dealkylation sites (N-methyl/N-ethyl adjacent to an activating group) is 1. The maximum atomic E-state index is 13.0. The summed E-state index contributed by atoms with van der Waals surface area (Å²) in [5, 5.41) is 13.9. The van der Waals surface area contributed by atoms with Crippen molar-refractivity contribution < 1.29 is 32.9 Å². The number of hydrogen-bond acceptors (Lipinski definition) is 6. The number of amides is 1. The van der Waals surface area contributed by atoms with Gasteiger partial charge in [-0.3, -0.25) is 9.36 Å². The molecule has 3 unspecified atom stereocenters. The van der Waals surface area contributed by atoms with Crippen LogP contribution in [0.25, 0.3) is 0 Å². The van der Waals surface area contributed by atoms with Gasteiger partial charge in [0.05, 0.1) is 39.9 Å². The molecular weight excluding hydrogens is 1020 g/mol. The summed E-state index contributed by atoms with van der Waals surface area (Å²) in [6.45, 7) is 4.66. The monoisotopic (exact) mass is 1160 g/mol. The Morgan fingerprint density at radius 1 is 0.432 bits per heavy atom. The van der Waals surface area contributed by atoms with Crippen LogP contribution in [0.2, 0.25) is 0 Å². The molecule has 0 aliphatic rings. The lowest BCUT2D eigenvalue weighted by Gasteiger charge is -2.29. The molecule has 0 aromatic rings. The molecule has 476 valence electrons. The molecule has 0 aliphatic carbocycles. The smallest absolute Gasteiger partial charge is 0.268 e. The van der Waals surface area contributed by atoms with Gasteiger partial charge in [0.25, 0.3) is 7.82 Å². The van der Waals surface area contributed by atoms with E-state index in [0.717, 1.165) is 51.4 Å². The first-order valence-corrected chi connectivity index (χ1v) is 36.6. The van der Waals surface area contributed by atoms with Gasteiger partial charge in [0, 0.05) is 6.42 Å². The Labute approximate surface area is 504 Å². The highest BCUT2D eigenvalue weighted by Gasteiger charge is 2.23. The minimum Gasteiger partial charge on any atom is -0.756 e. The first-order chi connectivity index (χ1) is 39.5. The van der Waals surface area contributed by atoms with Crippen LogP contribution in [-0.2, 0) is 18.4 Å². The Kier molecular flexibility index (Phi) is 61.3. The minimum absolute atomic E-state index is 0.00555. The van der Waals surface area contributed by atoms with Gasteiger partial charge < -0.3 is 28.8 Å². The molecule has 1 amide bonds. The number of nitrogens with zero attached hydrogens (tertiary/aromatic N) is 1. The van der Waals surface area contributed by atoms with Crippen molar-refractivity contribution in [2.75, 3.05) is 40.9 Å². The molecule has 3 atom stereocenters. The molecule has 0 radical (unpaired) electrons. The van der Waals surface area contributed by atoms with E-state index >= 15 is 0 Å². The molecule has 0 aliphatic heterocycles. The number of phosphoric acid groups is 1. The third-order valence-corrected chi connectivity index (χ3v) is 16.9. The standard InChI is InChI=1S/C72H137N2O6P/c1-6-8-10-12-14-16-18-20-22-24-26-28-29-30-31-32-33-34-35-36-37-38-39-40-41-42-43-44-45-46-48-50-52-54-56-58-60-62-64-66-72(76)73-70(69-80-81(77,78)79-68-67-74(3,4)5)71(75)65-63-61-59-57-55-53-51-49-47-27-25-23-21-19-17-15-13-11-9-7-2/h18,20,24,26,29-30,55,57,63,65,70-71,75H,6-17,19,21-23,25,27-28,31-54,56,58-62,64,66-69H2,1-5H3,(H-,73,76,77,78)/b20-18-,26-24-,30-29-,57-55+,65-63+. The molecule has 0 spiro atoms. The third kappa shape index (κ3) is 65.6. The zero-order valence-electron chi connectivity index (χ0n) is 54.5. The minimum atomic E-state index is -4.61. The van der Waals surface area contributed by atoms with Crippen molar-refractivity contribution in [3.63, 3.8) is 0 Å². The van der Waals surface area contributed by atoms with Crippen molar-refractivity contribution >= 4 is 13.7 Å². The Balaban J connectivity index is 3.97. The van der Waals surface area contributed by atoms with Crippen LogP contribution in [0, 0.1) is 0 Å². The molecule has 2 N–H and O–H groups in total. The van der Waals surface area contributed by atoms with Crippen LogP contribution in [0.4, 0.5) is 0 Å². The second-order valence-corrected chi connectivity index (χ2v) is 26.6. The Hall–Kier alpha value is -1.80. The van der Waals surface area contributed by atoms with Crippen molar-refractivity contribution in [2.24, 2.45) is 0 Å². The Morgan fingerprint density at radius 2 is 0.728 bits per heavy atom. The molecule has 0 fully saturated rings. The van der Waals surface area contributed by atoms with Crippen LogP contribution in [0.5, 0.6) is 0 Å². The molecule has 0 saturated heterocycles. The number of hydrogen-bond donors (Lipinski definition) is 2. The summed E-state index contributed by atoms with van der Waals surface area (Å²) >= 11 is 0. The Bertz CT molecular complexity index is 1500. The largest absolute Gasteiger partial charge is 0.756 e. The fraction of sp³-hybridized carbons (Fsp3) is 0.847. The number of quaternary nitrogens is 1. The van der Waals surface area contributed by atoms with E-state index in [4.69, 9.17) is 9.05 Å². The van der Waals surface area contributed by atoms with E-state index in [1.165, 1.54) is 270 Å². The fourth-order valence-electron chi connectivity index (χ4n) is 10.5. The average Bonchev–Trinajstić information content (AvgIpc) is 3.43. The summed E-state index contributed by atoms with van der Waals surface area (Å²) < 4.78 is 23.4. The number of allylic oxidation sites excluding steroid dienone is 9. The van der Waals surface area contributed by atoms with E-state index < -0.39 is 26.6 Å². The lowest BCUT2D eigenvalue weighted by molar-refractivity contribution is -0.870. The number of rotatable bonds is 65. The topological polar surface area (TPSA) is 108 Å². The second-order valence-electron chi connectivity index (χ2n) is 25.2. The summed E-state index contributed by atoms with van der Waals surface area (Å²) in [5.41, 5.74) is 0. The summed E-state index contributed by atoms with van der Waals surface area (Å²) in [6.07, 6.45) is 86.4. The van der Waals surface area contributed by atoms with E-state index in [-0.39, 0.29) is 12.5 Å². The van der Waals surface area contributed by atoms with Gasteiger partial charge in [0.2, 0.25) is 5.91 Å². The predicted molar refractivity (Wildman–Crippen MR) is 353 cm³/mol. The number of unbranched alkanes of at least 4 members (excludes halogenated alkanes) is 44. The lowest BCUT2D eigenvalue weighted by atomic mass is 10.0. The van der Waals surface area contributed by atoms with Gasteiger partial charge in [-0.1, -0.05) is 325 Å². The van der Waals surface area contributed by atoms with Crippen molar-refractivity contribution in [3.05, 3.63) is 60.8 Å². The summed E-state index contributed by atoms with van der Waals surface area (Å²) in [6, 6.07) is -0.904. The number of carbonyl (C=O) groups is 1. The highest BCUT2D eigenvalue weighted by atomic mass is 31.2. The SMILES string of the molecule is CCCCCCC/C=C\C/C=C\C/C=C\CCCCCCCCCCCCCCCCCCCCCCCCCCC(=O)NC(COP(=O)([O-])OCC[N+](C)(C)C)C(O)/C=C/CC/C=C/CCCCCCCCCCCCCCCC. The molecule has 0 bridgehead atoms. The van der Waals surface area contributed by atoms with Gasteiger partial charge in [-0.15, -0.1) is 0 Å². The highest BCUT2D eigenvalue weighted by molar-refractivity contribution is 7.45. The maximum Gasteiger partial charge on any atom is 0.268 e. The zero-order valence-corrected chi connectivity index (χ0v) is 55.4. The first kappa shape index (κ1) is 79.2. The normalized spacial score (nSPS) is 14.0. The van der Waals surface area contributed by atoms with Crippen LogP contribution < -0.4 is 10.2 Å². The number of nitrogens with one attached hydrogen (secondary N) is 1. The van der Waals surface area contributed by atoms with Crippen LogP contribution in [0.1, 0.15) is 341 Å². The number of aliphatic hydroxyl groups is 1. The van der Waals surface area contributed by atoms with Crippen LogP contribution in [0.3, 0.4) is 0 Å². The summed E-state index contributed by atoms with van der Waals surface area (Å²) in [5.74, 6) is -0.201. The molecule has 0 aromatic carbocycles.